The Labute approximate surface area is 168 Å². The summed E-state index contributed by atoms with van der Waals surface area (Å²) in [4.78, 5) is 8.84. The third-order valence-corrected chi connectivity index (χ3v) is 7.36. The van der Waals surface area contributed by atoms with Gasteiger partial charge in [0.15, 0.2) is 5.96 Å². The van der Waals surface area contributed by atoms with E-state index in [4.69, 9.17) is 16.9 Å². The van der Waals surface area contributed by atoms with Crippen LogP contribution in [0.15, 0.2) is 35.3 Å². The van der Waals surface area contributed by atoms with E-state index in [1.54, 1.807) is 0 Å². The van der Waals surface area contributed by atoms with Gasteiger partial charge in [0.25, 0.3) is 0 Å². The van der Waals surface area contributed by atoms with Crippen LogP contribution in [0.4, 0.5) is 0 Å². The van der Waals surface area contributed by atoms with Crippen LogP contribution in [0.25, 0.3) is 0 Å². The molecule has 152 valence electrons. The molecule has 0 spiro atoms. The molecule has 1 unspecified atom stereocenters. The lowest BCUT2D eigenvalue weighted by atomic mass is 9.70. The molecule has 0 aliphatic carbocycles. The molecule has 0 saturated carbocycles. The summed E-state index contributed by atoms with van der Waals surface area (Å²) in [6, 6.07) is 12.7. The molecule has 1 aromatic carbocycles. The van der Waals surface area contributed by atoms with E-state index >= 15 is 0 Å². The first kappa shape index (κ1) is 19.2. The number of nitrogens with two attached hydrogens (primary N) is 2. The van der Waals surface area contributed by atoms with Crippen LogP contribution in [0.1, 0.15) is 56.9 Å². The number of guanidine groups is 2. The molecule has 5 N–H and O–H groups in total. The smallest absolute Gasteiger partial charge is 0.215 e. The second-order valence-electron chi connectivity index (χ2n) is 8.79. The minimum Gasteiger partial charge on any atom is -0.369 e. The van der Waals surface area contributed by atoms with Gasteiger partial charge in [0.2, 0.25) is 5.96 Å². The van der Waals surface area contributed by atoms with Crippen molar-refractivity contribution in [1.82, 2.24) is 9.80 Å². The van der Waals surface area contributed by atoms with Gasteiger partial charge in [-0.05, 0) is 62.5 Å². The highest BCUT2D eigenvalue weighted by Gasteiger charge is 2.40. The molecule has 3 aliphatic heterocycles. The average Bonchev–Trinajstić information content (AvgIpc) is 2.93. The van der Waals surface area contributed by atoms with Crippen molar-refractivity contribution in [3.05, 3.63) is 35.9 Å². The molecule has 2 bridgehead atoms. The van der Waals surface area contributed by atoms with Crippen LogP contribution >= 0.6 is 0 Å². The molecule has 28 heavy (non-hydrogen) atoms. The van der Waals surface area contributed by atoms with Crippen molar-refractivity contribution < 1.29 is 0 Å². The fourth-order valence-electron chi connectivity index (χ4n) is 5.76. The van der Waals surface area contributed by atoms with Gasteiger partial charge in [0.05, 0.1) is 0 Å². The summed E-state index contributed by atoms with van der Waals surface area (Å²) in [5, 5.41) is 7.36. The van der Waals surface area contributed by atoms with E-state index in [-0.39, 0.29) is 11.4 Å². The molecule has 3 saturated heterocycles. The van der Waals surface area contributed by atoms with E-state index < -0.39 is 0 Å². The first-order valence-electron chi connectivity index (χ1n) is 10.8. The number of likely N-dealkylation sites (tertiary alicyclic amines) is 1. The first-order valence-corrected chi connectivity index (χ1v) is 10.8. The van der Waals surface area contributed by atoms with Crippen LogP contribution in [0.2, 0.25) is 0 Å². The SMILES string of the molecule is N=C(N)N=C(N)N1CCC(CCN2C3CCC[C@@H]2CC3)(c2ccccc2)CC1. The number of rotatable bonds is 4. The lowest BCUT2D eigenvalue weighted by Gasteiger charge is -2.45. The highest BCUT2D eigenvalue weighted by Crippen LogP contribution is 2.41. The van der Waals surface area contributed by atoms with Crippen molar-refractivity contribution in [3.8, 4) is 0 Å². The minimum atomic E-state index is -0.224. The van der Waals surface area contributed by atoms with Crippen LogP contribution in [-0.4, -0.2) is 53.4 Å². The third kappa shape index (κ3) is 3.88. The number of piperidine rings is 2. The molecule has 3 fully saturated rings. The van der Waals surface area contributed by atoms with Crippen molar-refractivity contribution in [3.63, 3.8) is 0 Å². The van der Waals surface area contributed by atoms with Gasteiger partial charge in [0.1, 0.15) is 0 Å². The van der Waals surface area contributed by atoms with E-state index in [9.17, 15) is 0 Å². The number of nitrogens with zero attached hydrogens (tertiary/aromatic N) is 3. The summed E-state index contributed by atoms with van der Waals surface area (Å²) in [5.41, 5.74) is 13.1. The van der Waals surface area contributed by atoms with E-state index in [0.717, 1.165) is 38.0 Å². The largest absolute Gasteiger partial charge is 0.369 e. The summed E-state index contributed by atoms with van der Waals surface area (Å²) in [5.74, 6) is 0.154. The zero-order chi connectivity index (χ0) is 19.6. The third-order valence-electron chi connectivity index (χ3n) is 7.36. The van der Waals surface area contributed by atoms with Gasteiger partial charge in [-0.25, -0.2) is 0 Å². The number of hydrogen-bond donors (Lipinski definition) is 3. The van der Waals surface area contributed by atoms with E-state index in [2.05, 4.69) is 45.1 Å². The van der Waals surface area contributed by atoms with Crippen molar-refractivity contribution in [2.75, 3.05) is 19.6 Å². The van der Waals surface area contributed by atoms with Crippen LogP contribution in [0.5, 0.6) is 0 Å². The second kappa shape index (κ2) is 8.11. The molecule has 6 nitrogen and oxygen atoms in total. The van der Waals surface area contributed by atoms with Crippen LogP contribution in [0.3, 0.4) is 0 Å². The number of fused-ring (bicyclic) bond motifs is 2. The summed E-state index contributed by atoms with van der Waals surface area (Å²) in [6.45, 7) is 2.94. The van der Waals surface area contributed by atoms with E-state index in [0.29, 0.717) is 5.96 Å². The van der Waals surface area contributed by atoms with Crippen LogP contribution < -0.4 is 11.5 Å². The minimum absolute atomic E-state index is 0.200. The molecule has 4 rings (SSSR count). The number of aliphatic imine (C=N–C) groups is 1. The van der Waals surface area contributed by atoms with Gasteiger partial charge in [0, 0.05) is 25.2 Å². The Kier molecular flexibility index (Phi) is 5.58. The molecular weight excluding hydrogens is 348 g/mol. The standard InChI is InChI=1S/C22H34N6/c23-20(24)26-21(25)27-14-11-22(12-15-27,17-5-2-1-3-6-17)13-16-28-18-7-4-8-19(28)10-9-18/h1-3,5-6,18-19H,4,7-16H2,(H5,23,24,25,26)/t18-,19?/m1/s1. The summed E-state index contributed by atoms with van der Waals surface area (Å²) in [7, 11) is 0. The van der Waals surface area contributed by atoms with E-state index in [1.807, 2.05) is 0 Å². The van der Waals surface area contributed by atoms with Gasteiger partial charge in [-0.1, -0.05) is 36.8 Å². The maximum atomic E-state index is 7.36. The lowest BCUT2D eigenvalue weighted by molar-refractivity contribution is 0.113. The Hall–Kier alpha value is -2.08. The highest BCUT2D eigenvalue weighted by atomic mass is 15.3. The van der Waals surface area contributed by atoms with E-state index in [1.165, 1.54) is 50.6 Å². The Bertz CT molecular complexity index is 691. The predicted molar refractivity (Wildman–Crippen MR) is 114 cm³/mol. The predicted octanol–water partition coefficient (Wildman–Crippen LogP) is 2.64. The normalized spacial score (nSPS) is 27.7. The monoisotopic (exact) mass is 382 g/mol. The maximum Gasteiger partial charge on any atom is 0.215 e. The fourth-order valence-corrected chi connectivity index (χ4v) is 5.76. The maximum absolute atomic E-state index is 7.36. The zero-order valence-corrected chi connectivity index (χ0v) is 16.8. The Morgan fingerprint density at radius 1 is 1.04 bits per heavy atom. The van der Waals surface area contributed by atoms with Crippen LogP contribution in [0, 0.1) is 5.41 Å². The van der Waals surface area contributed by atoms with Crippen molar-refractivity contribution in [1.29, 1.82) is 5.41 Å². The van der Waals surface area contributed by atoms with Gasteiger partial charge in [-0.2, -0.15) is 4.99 Å². The van der Waals surface area contributed by atoms with Crippen molar-refractivity contribution >= 4 is 11.9 Å². The number of nitrogens with one attached hydrogen (secondary N) is 1. The average molecular weight is 383 g/mol. The van der Waals surface area contributed by atoms with Crippen LogP contribution in [-0.2, 0) is 5.41 Å². The van der Waals surface area contributed by atoms with Gasteiger partial charge in [-0.3, -0.25) is 10.3 Å². The quantitative estimate of drug-likeness (QED) is 0.551. The lowest BCUT2D eigenvalue weighted by Crippen LogP contribution is -2.50. The molecule has 3 aliphatic rings. The second-order valence-corrected chi connectivity index (χ2v) is 8.79. The molecule has 6 heteroatoms. The van der Waals surface area contributed by atoms with Gasteiger partial charge in [-0.15, -0.1) is 0 Å². The molecule has 2 atom stereocenters. The Balaban J connectivity index is 1.48. The Morgan fingerprint density at radius 3 is 2.29 bits per heavy atom. The number of hydrogen-bond acceptors (Lipinski definition) is 2. The fraction of sp³-hybridized carbons (Fsp3) is 0.636. The van der Waals surface area contributed by atoms with Crippen molar-refractivity contribution in [2.45, 2.75) is 68.9 Å². The molecule has 0 aromatic heterocycles. The zero-order valence-electron chi connectivity index (χ0n) is 16.8. The van der Waals surface area contributed by atoms with Crippen molar-refractivity contribution in [2.24, 2.45) is 16.5 Å². The molecule has 3 heterocycles. The summed E-state index contributed by atoms with van der Waals surface area (Å²) in [6.07, 6.45) is 10.3. The van der Waals surface area contributed by atoms with Gasteiger partial charge >= 0.3 is 0 Å². The number of benzene rings is 1. The molecule has 0 radical (unpaired) electrons. The topological polar surface area (TPSA) is 94.7 Å². The first-order chi connectivity index (χ1) is 13.6. The Morgan fingerprint density at radius 2 is 1.68 bits per heavy atom. The molecule has 1 aromatic rings. The highest BCUT2D eigenvalue weighted by molar-refractivity contribution is 5.91. The molecular formula is C22H34N6. The van der Waals surface area contributed by atoms with Gasteiger partial charge < -0.3 is 16.4 Å². The molecule has 0 amide bonds. The summed E-state index contributed by atoms with van der Waals surface area (Å²) >= 11 is 0. The summed E-state index contributed by atoms with van der Waals surface area (Å²) < 4.78 is 0.